The van der Waals surface area contributed by atoms with Crippen LogP contribution in [0.2, 0.25) is 0 Å². The Morgan fingerprint density at radius 1 is 1.06 bits per heavy atom. The summed E-state index contributed by atoms with van der Waals surface area (Å²) in [6.07, 6.45) is 4.08. The highest BCUT2D eigenvalue weighted by atomic mass is 32.2. The molecule has 1 amide bonds. The zero-order chi connectivity index (χ0) is 24.7. The van der Waals surface area contributed by atoms with E-state index in [0.29, 0.717) is 5.69 Å². The number of allylic oxidation sites excluding steroid dienone is 1. The highest BCUT2D eigenvalue weighted by Gasteiger charge is 2.36. The van der Waals surface area contributed by atoms with Gasteiger partial charge in [-0.05, 0) is 67.4 Å². The summed E-state index contributed by atoms with van der Waals surface area (Å²) in [4.78, 5) is 15.6. The molecule has 0 saturated heterocycles. The monoisotopic (exact) mass is 488 g/mol. The Balaban J connectivity index is 1.39. The van der Waals surface area contributed by atoms with Gasteiger partial charge in [-0.1, -0.05) is 30.3 Å². The van der Waals surface area contributed by atoms with Crippen molar-refractivity contribution in [3.8, 4) is 16.9 Å². The average Bonchev–Trinajstić information content (AvgIpc) is 3.42. The van der Waals surface area contributed by atoms with Gasteiger partial charge in [-0.2, -0.15) is 0 Å². The highest BCUT2D eigenvalue weighted by molar-refractivity contribution is 7.90. The summed E-state index contributed by atoms with van der Waals surface area (Å²) < 4.78 is 29.1. The second kappa shape index (κ2) is 8.89. The van der Waals surface area contributed by atoms with Gasteiger partial charge in [0.2, 0.25) is 5.91 Å². The van der Waals surface area contributed by atoms with Crippen molar-refractivity contribution in [3.63, 3.8) is 0 Å². The topological polar surface area (TPSA) is 75.7 Å². The minimum absolute atomic E-state index is 0.0933. The lowest BCUT2D eigenvalue weighted by Crippen LogP contribution is -2.36. The van der Waals surface area contributed by atoms with Gasteiger partial charge in [0.25, 0.3) is 0 Å². The number of ether oxygens (including phenoxy) is 1. The third-order valence-corrected chi connectivity index (χ3v) is 7.87. The third kappa shape index (κ3) is 4.44. The minimum Gasteiger partial charge on any atom is -0.493 e. The van der Waals surface area contributed by atoms with E-state index in [1.165, 1.54) is 17.7 Å². The SMILES string of the molecule is CC1=CC(C(=O)Nc2ccc(S(C)(=O)=O)cc2)C(C)N1c1ccccc1-c1ccc2c(c1)CCO2. The van der Waals surface area contributed by atoms with Crippen LogP contribution in [0.15, 0.2) is 83.4 Å². The summed E-state index contributed by atoms with van der Waals surface area (Å²) in [6, 6.07) is 20.8. The first-order valence-electron chi connectivity index (χ1n) is 11.7. The fourth-order valence-corrected chi connectivity index (χ4v) is 5.59. The number of carbonyl (C=O) groups is 1. The van der Waals surface area contributed by atoms with Crippen LogP contribution in [0.3, 0.4) is 0 Å². The number of rotatable bonds is 5. The van der Waals surface area contributed by atoms with Gasteiger partial charge in [0.1, 0.15) is 5.75 Å². The number of nitrogens with one attached hydrogen (secondary N) is 1. The van der Waals surface area contributed by atoms with Crippen LogP contribution in [0.25, 0.3) is 11.1 Å². The van der Waals surface area contributed by atoms with Gasteiger partial charge in [0, 0.05) is 41.4 Å². The van der Waals surface area contributed by atoms with Crippen LogP contribution in [0.4, 0.5) is 11.4 Å². The Morgan fingerprint density at radius 3 is 2.54 bits per heavy atom. The molecule has 6 nitrogen and oxygen atoms in total. The number of anilines is 2. The molecule has 2 aliphatic rings. The lowest BCUT2D eigenvalue weighted by atomic mass is 9.98. The van der Waals surface area contributed by atoms with Gasteiger partial charge in [0.05, 0.1) is 17.4 Å². The maximum atomic E-state index is 13.2. The maximum Gasteiger partial charge on any atom is 0.233 e. The number of para-hydroxylation sites is 1. The van der Waals surface area contributed by atoms with Gasteiger partial charge in [-0.15, -0.1) is 0 Å². The van der Waals surface area contributed by atoms with E-state index in [4.69, 9.17) is 4.74 Å². The number of hydrogen-bond acceptors (Lipinski definition) is 5. The summed E-state index contributed by atoms with van der Waals surface area (Å²) >= 11 is 0. The van der Waals surface area contributed by atoms with Gasteiger partial charge in [0.15, 0.2) is 9.84 Å². The molecule has 35 heavy (non-hydrogen) atoms. The Labute approximate surface area is 206 Å². The predicted molar refractivity (Wildman–Crippen MR) is 138 cm³/mol. The quantitative estimate of drug-likeness (QED) is 0.543. The molecular weight excluding hydrogens is 460 g/mol. The van der Waals surface area contributed by atoms with Crippen molar-refractivity contribution in [1.82, 2.24) is 0 Å². The Morgan fingerprint density at radius 2 is 1.80 bits per heavy atom. The fourth-order valence-electron chi connectivity index (χ4n) is 4.96. The smallest absolute Gasteiger partial charge is 0.233 e. The van der Waals surface area contributed by atoms with E-state index in [1.54, 1.807) is 12.1 Å². The van der Waals surface area contributed by atoms with Crippen LogP contribution in [0.1, 0.15) is 19.4 Å². The highest BCUT2D eigenvalue weighted by Crippen LogP contribution is 2.40. The maximum absolute atomic E-state index is 13.2. The number of nitrogens with zero attached hydrogens (tertiary/aromatic N) is 1. The van der Waals surface area contributed by atoms with Crippen molar-refractivity contribution in [2.24, 2.45) is 5.92 Å². The first kappa shape index (κ1) is 23.2. The van der Waals surface area contributed by atoms with Gasteiger partial charge < -0.3 is 15.0 Å². The molecular formula is C28H28N2O4S. The number of benzene rings is 3. The summed E-state index contributed by atoms with van der Waals surface area (Å²) in [6.45, 7) is 4.80. The Hall–Kier alpha value is -3.58. The van der Waals surface area contributed by atoms with Crippen molar-refractivity contribution in [3.05, 3.63) is 84.1 Å². The molecule has 0 spiro atoms. The molecule has 180 valence electrons. The molecule has 3 aromatic carbocycles. The molecule has 2 atom stereocenters. The van der Waals surface area contributed by atoms with E-state index in [2.05, 4.69) is 41.4 Å². The lowest BCUT2D eigenvalue weighted by Gasteiger charge is -2.30. The van der Waals surface area contributed by atoms with Crippen LogP contribution < -0.4 is 15.0 Å². The second-order valence-electron chi connectivity index (χ2n) is 9.17. The van der Waals surface area contributed by atoms with E-state index in [1.807, 2.05) is 31.2 Å². The molecule has 0 fully saturated rings. The molecule has 5 rings (SSSR count). The normalized spacial score (nSPS) is 19.2. The van der Waals surface area contributed by atoms with Gasteiger partial charge in [-0.25, -0.2) is 8.42 Å². The number of sulfone groups is 1. The van der Waals surface area contributed by atoms with E-state index in [9.17, 15) is 13.2 Å². The molecule has 0 bridgehead atoms. The predicted octanol–water partition coefficient (Wildman–Crippen LogP) is 5.06. The van der Waals surface area contributed by atoms with Crippen molar-refractivity contribution < 1.29 is 17.9 Å². The van der Waals surface area contributed by atoms with Crippen LogP contribution in [-0.4, -0.2) is 33.2 Å². The Bertz CT molecular complexity index is 1430. The van der Waals surface area contributed by atoms with E-state index < -0.39 is 9.84 Å². The molecule has 3 aromatic rings. The van der Waals surface area contributed by atoms with Crippen molar-refractivity contribution in [1.29, 1.82) is 0 Å². The zero-order valence-electron chi connectivity index (χ0n) is 20.0. The number of amides is 1. The second-order valence-corrected chi connectivity index (χ2v) is 11.2. The van der Waals surface area contributed by atoms with Crippen molar-refractivity contribution >= 4 is 27.1 Å². The molecule has 2 aliphatic heterocycles. The molecule has 0 saturated carbocycles. The molecule has 0 aliphatic carbocycles. The van der Waals surface area contributed by atoms with Crippen LogP contribution in [0.5, 0.6) is 5.75 Å². The van der Waals surface area contributed by atoms with Crippen molar-refractivity contribution in [2.75, 3.05) is 23.1 Å². The number of hydrogen-bond donors (Lipinski definition) is 1. The minimum atomic E-state index is -3.28. The molecule has 2 unspecified atom stereocenters. The lowest BCUT2D eigenvalue weighted by molar-refractivity contribution is -0.118. The molecule has 2 heterocycles. The first-order valence-corrected chi connectivity index (χ1v) is 13.6. The Kier molecular flexibility index (Phi) is 5.89. The summed E-state index contributed by atoms with van der Waals surface area (Å²) in [5.41, 5.74) is 6.10. The number of fused-ring (bicyclic) bond motifs is 1. The van der Waals surface area contributed by atoms with Gasteiger partial charge in [-0.3, -0.25) is 4.79 Å². The number of carbonyl (C=O) groups excluding carboxylic acids is 1. The third-order valence-electron chi connectivity index (χ3n) is 6.74. The van der Waals surface area contributed by atoms with Crippen LogP contribution >= 0.6 is 0 Å². The van der Waals surface area contributed by atoms with Crippen LogP contribution in [-0.2, 0) is 21.1 Å². The molecule has 7 heteroatoms. The van der Waals surface area contributed by atoms with E-state index in [-0.39, 0.29) is 22.8 Å². The first-order chi connectivity index (χ1) is 16.7. The summed E-state index contributed by atoms with van der Waals surface area (Å²) in [5.74, 6) is 0.475. The standard InChI is InChI=1S/C28H28N2O4S/c1-18-16-25(28(31)29-22-9-11-23(12-10-22)35(3,32)33)19(2)30(18)26-7-5-4-6-24(26)20-8-13-27-21(17-20)14-15-34-27/h4-13,16-17,19,25H,14-15H2,1-3H3,(H,29,31). The van der Waals surface area contributed by atoms with Crippen LogP contribution in [0, 0.1) is 5.92 Å². The molecule has 1 N–H and O–H groups in total. The van der Waals surface area contributed by atoms with Gasteiger partial charge >= 0.3 is 0 Å². The largest absolute Gasteiger partial charge is 0.493 e. The average molecular weight is 489 g/mol. The zero-order valence-corrected chi connectivity index (χ0v) is 20.8. The summed E-state index contributed by atoms with van der Waals surface area (Å²) in [5, 5.41) is 2.94. The molecule has 0 radical (unpaired) electrons. The van der Waals surface area contributed by atoms with Crippen molar-refractivity contribution in [2.45, 2.75) is 31.2 Å². The fraction of sp³-hybridized carbons (Fsp3) is 0.250. The molecule has 0 aromatic heterocycles. The summed E-state index contributed by atoms with van der Waals surface area (Å²) in [7, 11) is -3.28. The van der Waals surface area contributed by atoms with E-state index >= 15 is 0 Å². The van der Waals surface area contributed by atoms with E-state index in [0.717, 1.165) is 47.5 Å².